The summed E-state index contributed by atoms with van der Waals surface area (Å²) < 4.78 is 0. The average molecular weight is 538 g/mol. The molecule has 2 saturated heterocycles. The molecule has 0 saturated carbocycles. The second-order valence-corrected chi connectivity index (χ2v) is 11.5. The number of carbonyl (C=O) groups is 1. The number of hydrogen-bond donors (Lipinski definition) is 1. The van der Waals surface area contributed by atoms with E-state index in [0.717, 1.165) is 73.0 Å². The Kier molecular flexibility index (Phi) is 7.52. The maximum atomic E-state index is 13.7. The van der Waals surface area contributed by atoms with Gasteiger partial charge in [-0.2, -0.15) is 0 Å². The molecule has 0 bridgehead atoms. The minimum absolute atomic E-state index is 0.195. The largest absolute Gasteiger partial charge is 0.368 e. The number of aromatic nitrogens is 2. The van der Waals surface area contributed by atoms with Gasteiger partial charge in [0, 0.05) is 63.1 Å². The number of hydrogen-bond acceptors (Lipinski definition) is 7. The number of aliphatic imine (C=N–C) groups is 1. The predicted octanol–water partition coefficient (Wildman–Crippen LogP) is 4.68. The summed E-state index contributed by atoms with van der Waals surface area (Å²) >= 11 is 0. The third kappa shape index (κ3) is 5.45. The number of amides is 1. The smallest absolute Gasteiger partial charge is 0.274 e. The monoisotopic (exact) mass is 537 g/mol. The number of piperazine rings is 1. The van der Waals surface area contributed by atoms with Crippen molar-refractivity contribution < 1.29 is 4.79 Å². The molecule has 40 heavy (non-hydrogen) atoms. The maximum Gasteiger partial charge on any atom is 0.274 e. The number of likely N-dealkylation sites (N-methyl/N-ethyl adjacent to an activating group) is 1. The lowest BCUT2D eigenvalue weighted by Crippen LogP contribution is -2.44. The molecule has 0 radical (unpaired) electrons. The van der Waals surface area contributed by atoms with E-state index in [-0.39, 0.29) is 11.8 Å². The topological polar surface area (TPSA) is 77.0 Å². The van der Waals surface area contributed by atoms with Crippen LogP contribution in [0, 0.1) is 5.92 Å². The van der Waals surface area contributed by atoms with Crippen LogP contribution < -0.4 is 15.1 Å². The molecule has 3 aliphatic rings. The highest BCUT2D eigenvalue weighted by Gasteiger charge is 2.27. The van der Waals surface area contributed by atoms with Gasteiger partial charge in [-0.25, -0.2) is 4.98 Å². The Bertz CT molecular complexity index is 1390. The first kappa shape index (κ1) is 26.4. The van der Waals surface area contributed by atoms with Gasteiger partial charge in [-0.15, -0.1) is 0 Å². The summed E-state index contributed by atoms with van der Waals surface area (Å²) in [5.74, 6) is 1.39. The number of nitrogens with zero attached hydrogens (tertiary/aromatic N) is 6. The van der Waals surface area contributed by atoms with Gasteiger partial charge in [0.05, 0.1) is 23.8 Å². The number of rotatable bonds is 5. The molecule has 5 heterocycles. The molecule has 1 aromatic carbocycles. The van der Waals surface area contributed by atoms with Gasteiger partial charge in [0.1, 0.15) is 11.5 Å². The first-order chi connectivity index (χ1) is 19.5. The molecule has 6 rings (SSSR count). The van der Waals surface area contributed by atoms with Crippen LogP contribution in [0.1, 0.15) is 43.7 Å². The number of pyridine rings is 2. The van der Waals surface area contributed by atoms with E-state index in [0.29, 0.717) is 23.9 Å². The fourth-order valence-corrected chi connectivity index (χ4v) is 5.92. The van der Waals surface area contributed by atoms with E-state index in [1.165, 1.54) is 12.8 Å². The molecule has 208 valence electrons. The van der Waals surface area contributed by atoms with E-state index in [9.17, 15) is 4.79 Å². The van der Waals surface area contributed by atoms with E-state index in [4.69, 9.17) is 4.99 Å². The normalized spacial score (nSPS) is 21.5. The highest BCUT2D eigenvalue weighted by molar-refractivity contribution is 6.49. The van der Waals surface area contributed by atoms with Crippen molar-refractivity contribution in [2.24, 2.45) is 10.9 Å². The van der Waals surface area contributed by atoms with Crippen molar-refractivity contribution >= 4 is 28.8 Å². The second kappa shape index (κ2) is 11.4. The molecule has 0 spiro atoms. The summed E-state index contributed by atoms with van der Waals surface area (Å²) in [6.45, 7) is 11.2. The van der Waals surface area contributed by atoms with Crippen LogP contribution in [0.3, 0.4) is 0 Å². The lowest BCUT2D eigenvalue weighted by molar-refractivity contribution is -0.110. The minimum atomic E-state index is -0.195. The second-order valence-electron chi connectivity index (χ2n) is 11.5. The summed E-state index contributed by atoms with van der Waals surface area (Å²) in [6, 6.07) is 12.6. The SMILES string of the molecule is CC1CN=C(C(=O)Nc2ccc(N3CCCC3)nc2)c2cc(-c3cncc(N4CCN(C)CC4)c3)ccc2C1C. The highest BCUT2D eigenvalue weighted by atomic mass is 16.1. The Labute approximate surface area is 237 Å². The third-order valence-electron chi connectivity index (χ3n) is 8.77. The maximum absolute atomic E-state index is 13.7. The summed E-state index contributed by atoms with van der Waals surface area (Å²) in [5.41, 5.74) is 6.46. The lowest BCUT2D eigenvalue weighted by atomic mass is 9.85. The number of fused-ring (bicyclic) bond motifs is 1. The van der Waals surface area contributed by atoms with Gasteiger partial charge in [0.25, 0.3) is 5.91 Å². The minimum Gasteiger partial charge on any atom is -0.368 e. The van der Waals surface area contributed by atoms with Crippen molar-refractivity contribution in [3.8, 4) is 11.1 Å². The van der Waals surface area contributed by atoms with E-state index >= 15 is 0 Å². The molecule has 3 aromatic rings. The quantitative estimate of drug-likeness (QED) is 0.510. The van der Waals surface area contributed by atoms with Gasteiger partial charge < -0.3 is 20.0 Å². The van der Waals surface area contributed by atoms with Crippen LogP contribution in [-0.4, -0.2) is 79.3 Å². The standard InChI is InChI=1S/C32H39N7O/c1-22-18-35-31(32(40)36-26-7-9-30(34-20-26)39-10-4-5-11-39)29-17-24(6-8-28(29)23(22)2)25-16-27(21-33-19-25)38-14-12-37(3)13-15-38/h6-9,16-17,19-23H,4-5,10-15,18H2,1-3H3,(H,36,40). The highest BCUT2D eigenvalue weighted by Crippen LogP contribution is 2.34. The molecule has 2 atom stereocenters. The molecule has 8 nitrogen and oxygen atoms in total. The molecule has 8 heteroatoms. The van der Waals surface area contributed by atoms with Crippen molar-refractivity contribution in [2.75, 3.05) is 68.0 Å². The number of anilines is 3. The van der Waals surface area contributed by atoms with Crippen molar-refractivity contribution in [1.82, 2.24) is 14.9 Å². The number of nitrogens with one attached hydrogen (secondary N) is 1. The number of carbonyl (C=O) groups excluding carboxylic acids is 1. The molecule has 2 unspecified atom stereocenters. The van der Waals surface area contributed by atoms with Crippen LogP contribution in [0.15, 0.2) is 60.0 Å². The Morgan fingerprint density at radius 2 is 1.68 bits per heavy atom. The van der Waals surface area contributed by atoms with Crippen LogP contribution in [0.5, 0.6) is 0 Å². The van der Waals surface area contributed by atoms with Crippen LogP contribution in [0.25, 0.3) is 11.1 Å². The first-order valence-corrected chi connectivity index (χ1v) is 14.6. The fourth-order valence-electron chi connectivity index (χ4n) is 5.92. The van der Waals surface area contributed by atoms with Crippen molar-refractivity contribution in [3.05, 3.63) is 66.1 Å². The molecule has 0 aliphatic carbocycles. The van der Waals surface area contributed by atoms with E-state index in [2.05, 4.69) is 75.1 Å². The van der Waals surface area contributed by atoms with E-state index < -0.39 is 0 Å². The fraction of sp³-hybridized carbons (Fsp3) is 0.438. The Balaban J connectivity index is 1.28. The van der Waals surface area contributed by atoms with Gasteiger partial charge in [0.2, 0.25) is 0 Å². The van der Waals surface area contributed by atoms with Crippen molar-refractivity contribution in [1.29, 1.82) is 0 Å². The summed E-state index contributed by atoms with van der Waals surface area (Å²) in [7, 11) is 2.17. The third-order valence-corrected chi connectivity index (χ3v) is 8.77. The Morgan fingerprint density at radius 3 is 2.42 bits per heavy atom. The van der Waals surface area contributed by atoms with Gasteiger partial charge in [-0.1, -0.05) is 26.0 Å². The average Bonchev–Trinajstić information content (AvgIpc) is 3.49. The molecular formula is C32H39N7O. The van der Waals surface area contributed by atoms with Crippen LogP contribution >= 0.6 is 0 Å². The van der Waals surface area contributed by atoms with Crippen LogP contribution in [0.4, 0.5) is 17.2 Å². The number of benzene rings is 1. The van der Waals surface area contributed by atoms with Crippen LogP contribution in [-0.2, 0) is 4.79 Å². The molecule has 2 fully saturated rings. The van der Waals surface area contributed by atoms with Gasteiger partial charge in [-0.3, -0.25) is 14.8 Å². The molecule has 1 amide bonds. The Morgan fingerprint density at radius 1 is 0.875 bits per heavy atom. The van der Waals surface area contributed by atoms with Crippen LogP contribution in [0.2, 0.25) is 0 Å². The lowest BCUT2D eigenvalue weighted by Gasteiger charge is -2.34. The first-order valence-electron chi connectivity index (χ1n) is 14.6. The molecule has 2 aromatic heterocycles. The van der Waals surface area contributed by atoms with Gasteiger partial charge in [-0.05, 0) is 67.1 Å². The summed E-state index contributed by atoms with van der Waals surface area (Å²) in [4.78, 5) is 34.7. The Hall–Kier alpha value is -3.78. The van der Waals surface area contributed by atoms with Gasteiger partial charge in [0.15, 0.2) is 0 Å². The zero-order valence-corrected chi connectivity index (χ0v) is 23.8. The van der Waals surface area contributed by atoms with Crippen molar-refractivity contribution in [2.45, 2.75) is 32.6 Å². The molecular weight excluding hydrogens is 498 g/mol. The zero-order valence-electron chi connectivity index (χ0n) is 23.8. The summed E-state index contributed by atoms with van der Waals surface area (Å²) in [6.07, 6.45) is 8.02. The van der Waals surface area contributed by atoms with E-state index in [1.807, 2.05) is 24.5 Å². The van der Waals surface area contributed by atoms with E-state index in [1.54, 1.807) is 6.20 Å². The predicted molar refractivity (Wildman–Crippen MR) is 163 cm³/mol. The van der Waals surface area contributed by atoms with Gasteiger partial charge >= 0.3 is 0 Å². The van der Waals surface area contributed by atoms with Crippen molar-refractivity contribution in [3.63, 3.8) is 0 Å². The molecule has 1 N–H and O–H groups in total. The summed E-state index contributed by atoms with van der Waals surface area (Å²) in [5, 5.41) is 3.07. The zero-order chi connectivity index (χ0) is 27.6. The molecule has 3 aliphatic heterocycles.